The van der Waals surface area contributed by atoms with Crippen LogP contribution < -0.4 is 10.6 Å². The van der Waals surface area contributed by atoms with E-state index in [0.29, 0.717) is 31.2 Å². The van der Waals surface area contributed by atoms with Crippen LogP contribution in [-0.2, 0) is 31.5 Å². The van der Waals surface area contributed by atoms with E-state index in [2.05, 4.69) is 5.32 Å². The van der Waals surface area contributed by atoms with Crippen LogP contribution in [0.15, 0.2) is 36.4 Å². The molecule has 0 spiro atoms. The van der Waals surface area contributed by atoms with Gasteiger partial charge in [-0.1, -0.05) is 12.1 Å². The molecule has 2 fully saturated rings. The first kappa shape index (κ1) is 29.2. The van der Waals surface area contributed by atoms with Gasteiger partial charge in [-0.2, -0.15) is 0 Å². The molecule has 16 heteroatoms. The molecule has 0 aromatic heterocycles. The van der Waals surface area contributed by atoms with Gasteiger partial charge in [0.05, 0.1) is 51.0 Å². The molecule has 3 amide bonds. The monoisotopic (exact) mass is 560 g/mol. The number of ether oxygens (including phenoxy) is 1. The molecule has 6 N–H and O–H groups in total. The Morgan fingerprint density at radius 3 is 2.39 bits per heavy atom. The number of nitrogens with zero attached hydrogens (tertiary/aromatic N) is 2. The molecule has 6 radical (unpaired) electrons. The fourth-order valence-electron chi connectivity index (χ4n) is 5.38. The highest BCUT2D eigenvalue weighted by atomic mass is 19.1. The maximum atomic E-state index is 15.3. The van der Waals surface area contributed by atoms with Gasteiger partial charge in [-0.15, -0.1) is 0 Å². The van der Waals surface area contributed by atoms with Crippen molar-refractivity contribution in [1.29, 1.82) is 0 Å². The molecule has 1 unspecified atom stereocenters. The molecule has 41 heavy (non-hydrogen) atoms. The van der Waals surface area contributed by atoms with E-state index in [0.717, 1.165) is 12.1 Å². The van der Waals surface area contributed by atoms with Gasteiger partial charge in [0.2, 0.25) is 11.8 Å². The third-order valence-corrected chi connectivity index (χ3v) is 7.57. The summed E-state index contributed by atoms with van der Waals surface area (Å²) in [5.41, 5.74) is -4.21. The van der Waals surface area contributed by atoms with Crippen molar-refractivity contribution in [1.82, 2.24) is 15.1 Å². The van der Waals surface area contributed by atoms with E-state index in [4.69, 9.17) is 28.3 Å². The maximum Gasteiger partial charge on any atom is 0.280 e. The van der Waals surface area contributed by atoms with Crippen LogP contribution in [0.4, 0.5) is 10.1 Å². The lowest BCUT2D eigenvalue weighted by molar-refractivity contribution is -0.264. The quantitative estimate of drug-likeness (QED) is 0.128. The van der Waals surface area contributed by atoms with Crippen LogP contribution in [0.25, 0.3) is 0 Å². The van der Waals surface area contributed by atoms with Crippen LogP contribution >= 0.6 is 0 Å². The molecule has 12 nitrogen and oxygen atoms in total. The first-order chi connectivity index (χ1) is 19.1. The van der Waals surface area contributed by atoms with Crippen LogP contribution in [0.3, 0.4) is 0 Å². The number of aliphatic hydroxyl groups is 4. The standard InChI is InChI=1S/C25H24B3FN4O8/c26-22(7-6-18(34)30-21(22)36)33-20(35)14-2-1-3-17(19(14)25(33,39)40)31-24(37,38)15-5-4-13(12-16(15)29)23(27,28)32-8-10-41-11-9-32/h1-5,12,31,37-40H,6-11H2,(H,30,34,36). The zero-order valence-corrected chi connectivity index (χ0v) is 21.6. The predicted molar refractivity (Wildman–Crippen MR) is 141 cm³/mol. The number of benzene rings is 2. The summed E-state index contributed by atoms with van der Waals surface area (Å²) in [6.45, 7) is 1.54. The van der Waals surface area contributed by atoms with E-state index in [1.54, 1.807) is 4.90 Å². The van der Waals surface area contributed by atoms with Crippen LogP contribution in [-0.4, -0.2) is 103 Å². The summed E-state index contributed by atoms with van der Waals surface area (Å²) in [5.74, 6) is -10.4. The van der Waals surface area contributed by atoms with E-state index in [9.17, 15) is 34.8 Å². The number of hydrogen-bond donors (Lipinski definition) is 6. The van der Waals surface area contributed by atoms with E-state index >= 15 is 4.39 Å². The first-order valence-corrected chi connectivity index (χ1v) is 12.6. The Balaban J connectivity index is 1.47. The molecule has 0 saturated carbocycles. The number of imide groups is 1. The van der Waals surface area contributed by atoms with Crippen LogP contribution in [0.1, 0.15) is 39.9 Å². The Kier molecular flexibility index (Phi) is 7.08. The number of carbonyl (C=O) groups is 3. The number of amides is 3. The number of halogens is 1. The summed E-state index contributed by atoms with van der Waals surface area (Å²) in [4.78, 5) is 39.5. The number of rotatable bonds is 6. The molecule has 5 rings (SSSR count). The number of carbonyl (C=O) groups excluding carboxylic acids is 3. The van der Waals surface area contributed by atoms with Crippen molar-refractivity contribution in [3.8, 4) is 0 Å². The van der Waals surface area contributed by atoms with Gasteiger partial charge in [0.1, 0.15) is 13.7 Å². The number of fused-ring (bicyclic) bond motifs is 1. The Morgan fingerprint density at radius 1 is 1.07 bits per heavy atom. The third kappa shape index (κ3) is 4.74. The summed E-state index contributed by atoms with van der Waals surface area (Å²) in [6.07, 6.45) is -0.702. The highest BCUT2D eigenvalue weighted by Crippen LogP contribution is 2.45. The van der Waals surface area contributed by atoms with Crippen molar-refractivity contribution >= 4 is 46.9 Å². The SMILES string of the molecule is [B]C1(N2C(=O)c3cccc(NC(O)(O)c4ccc(C([B])([B])N5CCOCC5)cc4F)c3C2(O)O)CCC(=O)NC1=O. The van der Waals surface area contributed by atoms with Crippen LogP contribution in [0, 0.1) is 5.82 Å². The van der Waals surface area contributed by atoms with Crippen LogP contribution in [0.2, 0.25) is 0 Å². The van der Waals surface area contributed by atoms with Crippen molar-refractivity contribution in [3.05, 3.63) is 64.5 Å². The largest absolute Gasteiger partial charge is 0.379 e. The lowest BCUT2D eigenvalue weighted by atomic mass is 9.56. The Hall–Kier alpha value is -3.27. The van der Waals surface area contributed by atoms with Gasteiger partial charge in [0, 0.05) is 25.2 Å². The Morgan fingerprint density at radius 2 is 1.76 bits per heavy atom. The van der Waals surface area contributed by atoms with Gasteiger partial charge in [-0.05, 0) is 41.6 Å². The number of morpholine rings is 1. The Labute approximate surface area is 237 Å². The molecule has 0 bridgehead atoms. The average Bonchev–Trinajstić information content (AvgIpc) is 3.12. The number of nitrogens with one attached hydrogen (secondary N) is 2. The molecular weight excluding hydrogens is 536 g/mol. The molecule has 2 aromatic carbocycles. The van der Waals surface area contributed by atoms with Gasteiger partial charge < -0.3 is 35.4 Å². The number of hydrogen-bond acceptors (Lipinski definition) is 10. The van der Waals surface area contributed by atoms with E-state index < -0.39 is 69.4 Å². The zero-order valence-electron chi connectivity index (χ0n) is 21.6. The second kappa shape index (κ2) is 9.93. The summed E-state index contributed by atoms with van der Waals surface area (Å²) in [7, 11) is 18.7. The minimum Gasteiger partial charge on any atom is -0.379 e. The molecular formula is C25H24B3FN4O8. The molecule has 3 heterocycles. The molecule has 0 aliphatic carbocycles. The van der Waals surface area contributed by atoms with Crippen molar-refractivity contribution < 1.29 is 43.9 Å². The molecule has 2 aromatic rings. The van der Waals surface area contributed by atoms with Gasteiger partial charge in [-0.3, -0.25) is 24.6 Å². The Bertz CT molecular complexity index is 1440. The summed E-state index contributed by atoms with van der Waals surface area (Å²) in [5, 5.41) is 46.6. The van der Waals surface area contributed by atoms with Gasteiger partial charge >= 0.3 is 0 Å². The second-order valence-corrected chi connectivity index (χ2v) is 10.2. The fraction of sp³-hybridized carbons (Fsp3) is 0.400. The van der Waals surface area contributed by atoms with Crippen molar-refractivity contribution in [3.63, 3.8) is 0 Å². The minimum atomic E-state index is -3.25. The van der Waals surface area contributed by atoms with Crippen molar-refractivity contribution in [2.45, 2.75) is 35.4 Å². The highest BCUT2D eigenvalue weighted by Gasteiger charge is 2.59. The normalized spacial score (nSPS) is 23.3. The first-order valence-electron chi connectivity index (χ1n) is 12.6. The second-order valence-electron chi connectivity index (χ2n) is 10.2. The van der Waals surface area contributed by atoms with Crippen LogP contribution in [0.5, 0.6) is 0 Å². The minimum absolute atomic E-state index is 0.139. The fourth-order valence-corrected chi connectivity index (χ4v) is 5.38. The number of piperidine rings is 1. The summed E-state index contributed by atoms with van der Waals surface area (Å²) in [6, 6.07) is 6.93. The molecule has 1 atom stereocenters. The number of anilines is 1. The van der Waals surface area contributed by atoms with Gasteiger partial charge in [0.25, 0.3) is 17.7 Å². The van der Waals surface area contributed by atoms with Crippen molar-refractivity contribution in [2.24, 2.45) is 0 Å². The maximum absolute atomic E-state index is 15.3. The van der Waals surface area contributed by atoms with E-state index in [1.165, 1.54) is 24.3 Å². The van der Waals surface area contributed by atoms with E-state index in [-0.39, 0.29) is 17.5 Å². The van der Waals surface area contributed by atoms with E-state index in [1.807, 2.05) is 5.32 Å². The highest BCUT2D eigenvalue weighted by molar-refractivity contribution is 6.39. The van der Waals surface area contributed by atoms with Crippen molar-refractivity contribution in [2.75, 3.05) is 31.6 Å². The van der Waals surface area contributed by atoms with Gasteiger partial charge in [0.15, 0.2) is 0 Å². The summed E-state index contributed by atoms with van der Waals surface area (Å²) < 4.78 is 20.6. The summed E-state index contributed by atoms with van der Waals surface area (Å²) >= 11 is 0. The average molecular weight is 560 g/mol. The topological polar surface area (TPSA) is 172 Å². The predicted octanol–water partition coefficient (Wildman–Crippen LogP) is -2.34. The smallest absolute Gasteiger partial charge is 0.280 e. The molecule has 2 saturated heterocycles. The molecule has 3 aliphatic rings. The lowest BCUT2D eigenvalue weighted by Gasteiger charge is -2.45. The zero-order chi connectivity index (χ0) is 30.0. The lowest BCUT2D eigenvalue weighted by Crippen LogP contribution is -2.68. The van der Waals surface area contributed by atoms with Gasteiger partial charge in [-0.25, -0.2) is 4.39 Å². The third-order valence-electron chi connectivity index (χ3n) is 7.57. The molecule has 3 aliphatic heterocycles. The molecule has 208 valence electrons.